The van der Waals surface area contributed by atoms with Crippen molar-refractivity contribution in [1.29, 1.82) is 0 Å². The molecule has 0 radical (unpaired) electrons. The number of guanidine groups is 1. The van der Waals surface area contributed by atoms with Gasteiger partial charge < -0.3 is 15.4 Å². The second-order valence-corrected chi connectivity index (χ2v) is 9.84. The molecule has 3 N–H and O–H groups in total. The molecule has 9 heteroatoms. The number of aliphatic imine (C=N–C) groups is 1. The van der Waals surface area contributed by atoms with E-state index in [9.17, 15) is 8.42 Å². The minimum Gasteiger partial charge on any atom is -0.377 e. The van der Waals surface area contributed by atoms with Crippen LogP contribution in [0.25, 0.3) is 0 Å². The van der Waals surface area contributed by atoms with Gasteiger partial charge in [0.05, 0.1) is 11.0 Å². The van der Waals surface area contributed by atoms with Crippen LogP contribution < -0.4 is 15.4 Å². The third-order valence-corrected chi connectivity index (χ3v) is 6.44. The zero-order valence-corrected chi connectivity index (χ0v) is 21.6. The van der Waals surface area contributed by atoms with Gasteiger partial charge in [-0.25, -0.2) is 13.1 Å². The normalized spacial score (nSPS) is 18.2. The number of sulfonamides is 1. The topological polar surface area (TPSA) is 91.8 Å². The second kappa shape index (κ2) is 13.5. The third-order valence-electron chi connectivity index (χ3n) is 5.00. The number of ether oxygens (including phenoxy) is 1. The zero-order valence-electron chi connectivity index (χ0n) is 18.5. The van der Waals surface area contributed by atoms with E-state index in [-0.39, 0.29) is 35.0 Å². The molecule has 2 atom stereocenters. The van der Waals surface area contributed by atoms with Crippen molar-refractivity contribution < 1.29 is 13.2 Å². The van der Waals surface area contributed by atoms with Crippen LogP contribution in [0.1, 0.15) is 52.0 Å². The number of nitrogens with zero attached hydrogens (tertiary/aromatic N) is 1. The molecule has 0 saturated carbocycles. The number of nitrogens with one attached hydrogen (secondary N) is 3. The highest BCUT2D eigenvalue weighted by Crippen LogP contribution is 2.14. The van der Waals surface area contributed by atoms with Crippen molar-refractivity contribution in [3.63, 3.8) is 0 Å². The molecule has 7 nitrogen and oxygen atoms in total. The summed E-state index contributed by atoms with van der Waals surface area (Å²) in [5.41, 5.74) is 0.987. The summed E-state index contributed by atoms with van der Waals surface area (Å²) in [4.78, 5) is 4.53. The molecule has 1 fully saturated rings. The van der Waals surface area contributed by atoms with E-state index in [2.05, 4.69) is 41.1 Å². The van der Waals surface area contributed by atoms with E-state index >= 15 is 0 Å². The van der Waals surface area contributed by atoms with Gasteiger partial charge in [0, 0.05) is 32.8 Å². The Balaban J connectivity index is 0.00000450. The van der Waals surface area contributed by atoms with E-state index in [0.717, 1.165) is 30.8 Å². The van der Waals surface area contributed by atoms with E-state index in [1.807, 2.05) is 12.1 Å². The van der Waals surface area contributed by atoms with Crippen molar-refractivity contribution in [3.8, 4) is 0 Å². The number of rotatable bonds is 10. The fourth-order valence-corrected chi connectivity index (χ4v) is 4.21. The number of halogens is 1. The van der Waals surface area contributed by atoms with E-state index in [4.69, 9.17) is 4.74 Å². The molecule has 2 unspecified atom stereocenters. The molecule has 1 aliphatic heterocycles. The number of benzene rings is 1. The molecule has 2 rings (SSSR count). The lowest BCUT2D eigenvalue weighted by molar-refractivity contribution is 0.114. The van der Waals surface area contributed by atoms with Gasteiger partial charge >= 0.3 is 0 Å². The summed E-state index contributed by atoms with van der Waals surface area (Å²) in [6.07, 6.45) is 4.13. The van der Waals surface area contributed by atoms with Gasteiger partial charge in [0.2, 0.25) is 10.0 Å². The third kappa shape index (κ3) is 9.49. The Labute approximate surface area is 198 Å². The Hall–Kier alpha value is -0.910. The van der Waals surface area contributed by atoms with Gasteiger partial charge in [-0.1, -0.05) is 26.0 Å². The van der Waals surface area contributed by atoms with Crippen molar-refractivity contribution in [1.82, 2.24) is 15.4 Å². The average Bonchev–Trinajstić information content (AvgIpc) is 3.22. The summed E-state index contributed by atoms with van der Waals surface area (Å²) in [5.74, 6) is 1.43. The van der Waals surface area contributed by atoms with Crippen molar-refractivity contribution >= 4 is 40.0 Å². The largest absolute Gasteiger partial charge is 0.377 e. The van der Waals surface area contributed by atoms with Gasteiger partial charge in [-0.2, -0.15) is 0 Å². The predicted octanol–water partition coefficient (Wildman–Crippen LogP) is 3.25. The quantitative estimate of drug-likeness (QED) is 0.236. The fraction of sp³-hybridized carbons (Fsp3) is 0.667. The van der Waals surface area contributed by atoms with E-state index < -0.39 is 10.0 Å². The van der Waals surface area contributed by atoms with Gasteiger partial charge in [-0.05, 0) is 56.2 Å². The van der Waals surface area contributed by atoms with Gasteiger partial charge in [-0.3, -0.25) is 4.99 Å². The van der Waals surface area contributed by atoms with Crippen LogP contribution in [0.5, 0.6) is 0 Å². The first kappa shape index (κ1) is 27.1. The van der Waals surface area contributed by atoms with Crippen LogP contribution in [-0.4, -0.2) is 46.7 Å². The van der Waals surface area contributed by atoms with E-state index in [0.29, 0.717) is 31.7 Å². The zero-order chi connectivity index (χ0) is 21.3. The maximum atomic E-state index is 12.4. The predicted molar refractivity (Wildman–Crippen MR) is 133 cm³/mol. The van der Waals surface area contributed by atoms with Crippen LogP contribution in [0.4, 0.5) is 0 Å². The standard InChI is InChI=1S/C21H36N4O3S.HI/c1-16(2)7-8-17(3)25-21(22-4)23-14-18-9-11-20(12-10-18)29(26,27)24-15-19-6-5-13-28-19;/h9-12,16-17,19,24H,5-8,13-15H2,1-4H3,(H2,22,23,25);1H. The van der Waals surface area contributed by atoms with Crippen molar-refractivity contribution in [3.05, 3.63) is 29.8 Å². The minimum atomic E-state index is -3.52. The molecule has 0 bridgehead atoms. The maximum absolute atomic E-state index is 12.4. The molecule has 172 valence electrons. The van der Waals surface area contributed by atoms with Gasteiger partial charge in [0.25, 0.3) is 0 Å². The molecule has 1 heterocycles. The molecule has 1 aromatic carbocycles. The highest BCUT2D eigenvalue weighted by Gasteiger charge is 2.20. The SMILES string of the molecule is CN=C(NCc1ccc(S(=O)(=O)NCC2CCCO2)cc1)NC(C)CCC(C)C.I. The van der Waals surface area contributed by atoms with Crippen LogP contribution in [0, 0.1) is 5.92 Å². The summed E-state index contributed by atoms with van der Waals surface area (Å²) in [6.45, 7) is 8.20. The summed E-state index contributed by atoms with van der Waals surface area (Å²) >= 11 is 0. The first-order chi connectivity index (χ1) is 13.8. The second-order valence-electron chi connectivity index (χ2n) is 8.07. The summed E-state index contributed by atoms with van der Waals surface area (Å²) in [7, 11) is -1.77. The summed E-state index contributed by atoms with van der Waals surface area (Å²) in [5, 5.41) is 6.67. The molecule has 1 aliphatic rings. The van der Waals surface area contributed by atoms with E-state index in [1.54, 1.807) is 19.2 Å². The van der Waals surface area contributed by atoms with Gasteiger partial charge in [0.1, 0.15) is 0 Å². The highest BCUT2D eigenvalue weighted by atomic mass is 127. The molecule has 30 heavy (non-hydrogen) atoms. The monoisotopic (exact) mass is 552 g/mol. The summed E-state index contributed by atoms with van der Waals surface area (Å²) in [6, 6.07) is 7.25. The number of hydrogen-bond donors (Lipinski definition) is 3. The lowest BCUT2D eigenvalue weighted by atomic mass is 10.0. The average molecular weight is 553 g/mol. The molecule has 0 amide bonds. The van der Waals surface area contributed by atoms with Crippen LogP contribution in [-0.2, 0) is 21.3 Å². The molecule has 1 saturated heterocycles. The Morgan fingerprint density at radius 3 is 2.47 bits per heavy atom. The minimum absolute atomic E-state index is 0. The van der Waals surface area contributed by atoms with Crippen LogP contribution in [0.2, 0.25) is 0 Å². The smallest absolute Gasteiger partial charge is 0.240 e. The molecular formula is C21H37IN4O3S. The summed E-state index contributed by atoms with van der Waals surface area (Å²) < 4.78 is 33.0. The molecule has 0 aromatic heterocycles. The van der Waals surface area contributed by atoms with Crippen LogP contribution in [0.3, 0.4) is 0 Å². The fourth-order valence-electron chi connectivity index (χ4n) is 3.15. The lowest BCUT2D eigenvalue weighted by Crippen LogP contribution is -2.41. The molecule has 0 spiro atoms. The van der Waals surface area contributed by atoms with Crippen LogP contribution in [0.15, 0.2) is 34.2 Å². The Kier molecular flexibility index (Phi) is 12.2. The first-order valence-corrected chi connectivity index (χ1v) is 12.0. The maximum Gasteiger partial charge on any atom is 0.240 e. The Bertz CT molecular complexity index is 748. The Morgan fingerprint density at radius 2 is 1.90 bits per heavy atom. The van der Waals surface area contributed by atoms with Crippen molar-refractivity contribution in [2.75, 3.05) is 20.2 Å². The van der Waals surface area contributed by atoms with E-state index in [1.165, 1.54) is 6.42 Å². The van der Waals surface area contributed by atoms with Gasteiger partial charge in [0.15, 0.2) is 5.96 Å². The van der Waals surface area contributed by atoms with Gasteiger partial charge in [-0.15, -0.1) is 24.0 Å². The van der Waals surface area contributed by atoms with Crippen molar-refractivity contribution in [2.45, 2.75) is 70.0 Å². The molecular weight excluding hydrogens is 515 g/mol. The highest BCUT2D eigenvalue weighted by molar-refractivity contribution is 14.0. The first-order valence-electron chi connectivity index (χ1n) is 10.5. The lowest BCUT2D eigenvalue weighted by Gasteiger charge is -2.19. The molecule has 0 aliphatic carbocycles. The number of hydrogen-bond acceptors (Lipinski definition) is 4. The molecule has 1 aromatic rings. The van der Waals surface area contributed by atoms with Crippen LogP contribution >= 0.6 is 24.0 Å². The van der Waals surface area contributed by atoms with Crippen molar-refractivity contribution in [2.24, 2.45) is 10.9 Å². The Morgan fingerprint density at radius 1 is 1.20 bits per heavy atom.